The molecule has 0 aliphatic rings. The van der Waals surface area contributed by atoms with E-state index in [1.165, 1.54) is 0 Å². The molecular weight excluding hydrogens is 212 g/mol. The first-order chi connectivity index (χ1) is 6.86. The maximum atomic E-state index is 3.78. The first-order valence-corrected chi connectivity index (χ1v) is 4.07. The molecule has 0 saturated heterocycles. The fraction of sp³-hybridized carbons (Fsp3) is 0. The summed E-state index contributed by atoms with van der Waals surface area (Å²) in [5.74, 6) is 0. The highest BCUT2D eigenvalue weighted by atomic mass is 35.5. The van der Waals surface area contributed by atoms with E-state index in [4.69, 9.17) is 0 Å². The monoisotopic (exact) mass is 224 g/mol. The molecule has 0 aromatic carbocycles. The van der Waals surface area contributed by atoms with E-state index in [2.05, 4.69) is 23.1 Å². The minimum absolute atomic E-state index is 0. The Morgan fingerprint density at radius 3 is 1.40 bits per heavy atom. The highest BCUT2D eigenvalue weighted by Gasteiger charge is 1.73. The van der Waals surface area contributed by atoms with Gasteiger partial charge in [-0.25, -0.2) is 9.97 Å². The van der Waals surface area contributed by atoms with Crippen LogP contribution in [0.1, 0.15) is 0 Å². The molecule has 0 aliphatic heterocycles. The van der Waals surface area contributed by atoms with Crippen molar-refractivity contribution in [2.75, 3.05) is 0 Å². The van der Waals surface area contributed by atoms with Gasteiger partial charge in [-0.1, -0.05) is 13.2 Å². The van der Waals surface area contributed by atoms with Crippen molar-refractivity contribution in [3.8, 4) is 0 Å². The Morgan fingerprint density at radius 2 is 1.27 bits per heavy atom. The lowest BCUT2D eigenvalue weighted by Crippen LogP contribution is -1.73. The lowest BCUT2D eigenvalue weighted by atomic mass is 10.9. The third-order valence-electron chi connectivity index (χ3n) is 1.47. The van der Waals surface area contributed by atoms with Crippen molar-refractivity contribution in [1.29, 1.82) is 0 Å². The van der Waals surface area contributed by atoms with E-state index in [0.717, 1.165) is 0 Å². The molecule has 0 saturated carbocycles. The third-order valence-corrected chi connectivity index (χ3v) is 1.47. The predicted octanol–water partition coefficient (Wildman–Crippen LogP) is 2.39. The maximum absolute atomic E-state index is 3.78. The van der Waals surface area contributed by atoms with Gasteiger partial charge in [0.15, 0.2) is 0 Å². The summed E-state index contributed by atoms with van der Waals surface area (Å²) in [6, 6.07) is 0. The zero-order valence-electron chi connectivity index (χ0n) is 8.23. The van der Waals surface area contributed by atoms with Crippen molar-refractivity contribution in [2.24, 2.45) is 0 Å². The van der Waals surface area contributed by atoms with Crippen LogP contribution in [0.25, 0.3) is 12.4 Å². The molecule has 0 aliphatic carbocycles. The molecule has 5 heteroatoms. The summed E-state index contributed by atoms with van der Waals surface area (Å²) in [6.07, 6.45) is 13.8. The van der Waals surface area contributed by atoms with Crippen LogP contribution in [0.2, 0.25) is 0 Å². The summed E-state index contributed by atoms with van der Waals surface area (Å²) < 4.78 is 3.56. The van der Waals surface area contributed by atoms with Crippen LogP contribution in [-0.2, 0) is 0 Å². The first kappa shape index (κ1) is 13.2. The fourth-order valence-corrected chi connectivity index (χ4v) is 0.755. The Bertz CT molecular complexity index is 326. The Balaban J connectivity index is 0.000000245. The van der Waals surface area contributed by atoms with E-state index in [1.54, 1.807) is 46.6 Å². The van der Waals surface area contributed by atoms with Crippen LogP contribution in [-0.4, -0.2) is 19.1 Å². The molecule has 80 valence electrons. The van der Waals surface area contributed by atoms with Crippen LogP contribution in [0.3, 0.4) is 0 Å². The van der Waals surface area contributed by atoms with Gasteiger partial charge in [-0.3, -0.25) is 0 Å². The molecular formula is C10H13ClN4. The molecule has 0 unspecified atom stereocenters. The van der Waals surface area contributed by atoms with Crippen molar-refractivity contribution < 1.29 is 0 Å². The molecule has 0 atom stereocenters. The molecule has 15 heavy (non-hydrogen) atoms. The maximum Gasteiger partial charge on any atom is 0.0986 e. The average molecular weight is 225 g/mol. The molecule has 0 N–H and O–H groups in total. The van der Waals surface area contributed by atoms with Gasteiger partial charge >= 0.3 is 0 Å². The summed E-state index contributed by atoms with van der Waals surface area (Å²) in [7, 11) is 0. The van der Waals surface area contributed by atoms with Gasteiger partial charge < -0.3 is 9.13 Å². The van der Waals surface area contributed by atoms with E-state index >= 15 is 0 Å². The lowest BCUT2D eigenvalue weighted by Gasteiger charge is -1.80. The summed E-state index contributed by atoms with van der Waals surface area (Å²) in [5.41, 5.74) is 0. The highest BCUT2D eigenvalue weighted by molar-refractivity contribution is 5.85. The van der Waals surface area contributed by atoms with Crippen molar-refractivity contribution >= 4 is 24.8 Å². The number of hydrogen-bond donors (Lipinski definition) is 0. The summed E-state index contributed by atoms with van der Waals surface area (Å²) in [5, 5.41) is 0. The summed E-state index contributed by atoms with van der Waals surface area (Å²) in [6.45, 7) is 7.05. The van der Waals surface area contributed by atoms with Gasteiger partial charge in [0.2, 0.25) is 0 Å². The number of rotatable bonds is 2. The molecule has 2 aromatic heterocycles. The first-order valence-electron chi connectivity index (χ1n) is 4.07. The van der Waals surface area contributed by atoms with Gasteiger partial charge in [0, 0.05) is 37.2 Å². The van der Waals surface area contributed by atoms with Crippen molar-refractivity contribution in [3.63, 3.8) is 0 Å². The molecule has 2 rings (SSSR count). The standard InChI is InChI=1S/2C5H6N2.ClH/c2*1-2-7-4-3-6-5-7;/h2*2-5H,1H2;1H. The zero-order chi connectivity index (χ0) is 10.2. The van der Waals surface area contributed by atoms with Gasteiger partial charge in [-0.05, 0) is 0 Å². The molecule has 0 spiro atoms. The zero-order valence-corrected chi connectivity index (χ0v) is 9.05. The molecule has 0 radical (unpaired) electrons. The number of nitrogens with zero attached hydrogens (tertiary/aromatic N) is 4. The summed E-state index contributed by atoms with van der Waals surface area (Å²) in [4.78, 5) is 7.57. The van der Waals surface area contributed by atoms with Gasteiger partial charge in [0.05, 0.1) is 12.7 Å². The average Bonchev–Trinajstić information content (AvgIpc) is 2.92. The van der Waals surface area contributed by atoms with E-state index in [9.17, 15) is 0 Å². The molecule has 2 aromatic rings. The molecule has 0 amide bonds. The smallest absolute Gasteiger partial charge is 0.0986 e. The molecule has 4 nitrogen and oxygen atoms in total. The minimum Gasteiger partial charge on any atom is -0.314 e. The molecule has 0 fully saturated rings. The topological polar surface area (TPSA) is 35.6 Å². The SMILES string of the molecule is C=Cn1ccnc1.C=Cn1ccnc1.Cl. The van der Waals surface area contributed by atoms with Gasteiger partial charge in [0.1, 0.15) is 0 Å². The van der Waals surface area contributed by atoms with Crippen molar-refractivity contribution in [3.05, 3.63) is 50.6 Å². The van der Waals surface area contributed by atoms with Gasteiger partial charge in [-0.15, -0.1) is 12.4 Å². The van der Waals surface area contributed by atoms with Gasteiger partial charge in [0.25, 0.3) is 0 Å². The third kappa shape index (κ3) is 4.83. The Morgan fingerprint density at radius 1 is 0.867 bits per heavy atom. The van der Waals surface area contributed by atoms with E-state index in [1.807, 2.05) is 12.4 Å². The van der Waals surface area contributed by atoms with E-state index in [0.29, 0.717) is 0 Å². The van der Waals surface area contributed by atoms with Crippen molar-refractivity contribution in [2.45, 2.75) is 0 Å². The second kappa shape index (κ2) is 7.58. The molecule has 0 bridgehead atoms. The second-order valence-electron chi connectivity index (χ2n) is 2.38. The normalized spacial score (nSPS) is 8.00. The molecule has 2 heterocycles. The van der Waals surface area contributed by atoms with Crippen LogP contribution in [0.15, 0.2) is 50.6 Å². The number of aromatic nitrogens is 4. The van der Waals surface area contributed by atoms with Gasteiger partial charge in [-0.2, -0.15) is 0 Å². The van der Waals surface area contributed by atoms with Crippen LogP contribution in [0.4, 0.5) is 0 Å². The largest absolute Gasteiger partial charge is 0.314 e. The fourth-order valence-electron chi connectivity index (χ4n) is 0.755. The van der Waals surface area contributed by atoms with Crippen LogP contribution in [0.5, 0.6) is 0 Å². The lowest BCUT2D eigenvalue weighted by molar-refractivity contribution is 1.14. The van der Waals surface area contributed by atoms with Crippen LogP contribution >= 0.6 is 12.4 Å². The summed E-state index contributed by atoms with van der Waals surface area (Å²) >= 11 is 0. The number of halogens is 1. The Labute approximate surface area is 95.0 Å². The van der Waals surface area contributed by atoms with Crippen LogP contribution < -0.4 is 0 Å². The number of imidazole rings is 2. The second-order valence-corrected chi connectivity index (χ2v) is 2.38. The Kier molecular flexibility index (Phi) is 6.67. The van der Waals surface area contributed by atoms with Crippen LogP contribution in [0, 0.1) is 0 Å². The van der Waals surface area contributed by atoms with E-state index < -0.39 is 0 Å². The minimum atomic E-state index is 0. The Hall–Kier alpha value is -1.81. The predicted molar refractivity (Wildman–Crippen MR) is 64.5 cm³/mol. The highest BCUT2D eigenvalue weighted by Crippen LogP contribution is 1.81. The quantitative estimate of drug-likeness (QED) is 0.785. The number of hydrogen-bond acceptors (Lipinski definition) is 2. The van der Waals surface area contributed by atoms with Crippen molar-refractivity contribution in [1.82, 2.24) is 19.1 Å². The van der Waals surface area contributed by atoms with E-state index in [-0.39, 0.29) is 12.4 Å².